The van der Waals surface area contributed by atoms with Gasteiger partial charge in [0.25, 0.3) is 0 Å². The van der Waals surface area contributed by atoms with Crippen LogP contribution in [-0.2, 0) is 6.42 Å². The third-order valence-corrected chi connectivity index (χ3v) is 5.25. The van der Waals surface area contributed by atoms with Gasteiger partial charge < -0.3 is 15.4 Å². The lowest BCUT2D eigenvalue weighted by Gasteiger charge is -2.14. The molecule has 4 nitrogen and oxygen atoms in total. The van der Waals surface area contributed by atoms with Gasteiger partial charge in [0.15, 0.2) is 0 Å². The van der Waals surface area contributed by atoms with Crippen LogP contribution < -0.4 is 5.32 Å². The van der Waals surface area contributed by atoms with Crippen LogP contribution in [0.2, 0.25) is 5.02 Å². The maximum absolute atomic E-state index is 11.2. The molecule has 3 N–H and O–H groups in total. The number of hydrogen-bond donors (Lipinski definition) is 3. The maximum Gasteiger partial charge on any atom is 0.335 e. The summed E-state index contributed by atoms with van der Waals surface area (Å²) < 4.78 is 0. The Bertz CT molecular complexity index is 958. The lowest BCUT2D eigenvalue weighted by Crippen LogP contribution is -2.14. The number of carbonyl (C=O) groups is 1. The number of H-pyrrole nitrogens is 1. The summed E-state index contributed by atoms with van der Waals surface area (Å²) in [6.45, 7) is 0. The van der Waals surface area contributed by atoms with Crippen LogP contribution in [-0.4, -0.2) is 22.1 Å². The van der Waals surface area contributed by atoms with E-state index in [4.69, 9.17) is 16.7 Å². The predicted octanol–water partition coefficient (Wildman–Crippen LogP) is 5.46. The lowest BCUT2D eigenvalue weighted by molar-refractivity contribution is 0.0696. The van der Waals surface area contributed by atoms with E-state index in [1.165, 1.54) is 25.7 Å². The van der Waals surface area contributed by atoms with Gasteiger partial charge in [-0.3, -0.25) is 0 Å². The molecule has 0 aliphatic heterocycles. The Morgan fingerprint density at radius 2 is 2.00 bits per heavy atom. The highest BCUT2D eigenvalue weighted by molar-refractivity contribution is 6.31. The first-order valence-corrected chi connectivity index (χ1v) is 9.36. The smallest absolute Gasteiger partial charge is 0.335 e. The van der Waals surface area contributed by atoms with Gasteiger partial charge in [0, 0.05) is 28.6 Å². The van der Waals surface area contributed by atoms with E-state index >= 15 is 0 Å². The summed E-state index contributed by atoms with van der Waals surface area (Å²) in [4.78, 5) is 14.7. The number of aromatic nitrogens is 1. The standard InChI is InChI=1S/C21H21ClN2O2/c22-16-10-15-11-18(9-13-4-3-5-14(8-13)21(25)26)24-20(15)19(12-16)23-17-6-1-2-7-17/h3-5,8,10-12,17,23-24H,1-2,6-7,9H2,(H,25,26). The zero-order chi connectivity index (χ0) is 18.1. The van der Waals surface area contributed by atoms with E-state index in [0.717, 1.165) is 32.9 Å². The molecule has 1 aromatic heterocycles. The molecule has 0 radical (unpaired) electrons. The second-order valence-corrected chi connectivity index (χ2v) is 7.46. The molecule has 134 valence electrons. The van der Waals surface area contributed by atoms with Crippen molar-refractivity contribution in [3.05, 3.63) is 64.3 Å². The predicted molar refractivity (Wildman–Crippen MR) is 105 cm³/mol. The van der Waals surface area contributed by atoms with Crippen LogP contribution in [0.1, 0.15) is 47.3 Å². The number of fused-ring (bicyclic) bond motifs is 1. The van der Waals surface area contributed by atoms with Crippen molar-refractivity contribution in [1.82, 2.24) is 4.98 Å². The number of aromatic amines is 1. The summed E-state index contributed by atoms with van der Waals surface area (Å²) in [6.07, 6.45) is 5.60. The quantitative estimate of drug-likeness (QED) is 0.559. The van der Waals surface area contributed by atoms with E-state index in [1.807, 2.05) is 18.2 Å². The lowest BCUT2D eigenvalue weighted by atomic mass is 10.1. The molecule has 0 unspecified atom stereocenters. The molecule has 5 heteroatoms. The molecule has 4 rings (SSSR count). The molecule has 26 heavy (non-hydrogen) atoms. The van der Waals surface area contributed by atoms with Gasteiger partial charge in [-0.25, -0.2) is 4.79 Å². The number of rotatable bonds is 5. The molecule has 0 amide bonds. The monoisotopic (exact) mass is 368 g/mol. The third-order valence-electron chi connectivity index (χ3n) is 5.03. The van der Waals surface area contributed by atoms with Crippen LogP contribution in [0.3, 0.4) is 0 Å². The molecule has 3 aromatic rings. The Kier molecular flexibility index (Phi) is 4.60. The van der Waals surface area contributed by atoms with E-state index < -0.39 is 5.97 Å². The number of carboxylic acid groups (broad SMARTS) is 1. The Labute approximate surface area is 157 Å². The topological polar surface area (TPSA) is 65.1 Å². The zero-order valence-corrected chi connectivity index (χ0v) is 15.1. The van der Waals surface area contributed by atoms with Gasteiger partial charge in [0.2, 0.25) is 0 Å². The molecule has 1 aliphatic rings. The minimum Gasteiger partial charge on any atom is -0.478 e. The van der Waals surface area contributed by atoms with Crippen molar-refractivity contribution in [3.63, 3.8) is 0 Å². The van der Waals surface area contributed by atoms with E-state index in [-0.39, 0.29) is 0 Å². The number of aromatic carboxylic acids is 1. The molecule has 1 fully saturated rings. The summed E-state index contributed by atoms with van der Waals surface area (Å²) in [7, 11) is 0. The van der Waals surface area contributed by atoms with Gasteiger partial charge in [-0.15, -0.1) is 0 Å². The fraction of sp³-hybridized carbons (Fsp3) is 0.286. The van der Waals surface area contributed by atoms with Crippen molar-refractivity contribution in [3.8, 4) is 0 Å². The molecular weight excluding hydrogens is 348 g/mol. The van der Waals surface area contributed by atoms with Crippen molar-refractivity contribution < 1.29 is 9.90 Å². The van der Waals surface area contributed by atoms with Crippen LogP contribution in [0.15, 0.2) is 42.5 Å². The zero-order valence-electron chi connectivity index (χ0n) is 14.4. The summed E-state index contributed by atoms with van der Waals surface area (Å²) in [5.74, 6) is -0.904. The average Bonchev–Trinajstić information content (AvgIpc) is 3.24. The minimum atomic E-state index is -0.904. The summed E-state index contributed by atoms with van der Waals surface area (Å²) >= 11 is 6.32. The fourth-order valence-electron chi connectivity index (χ4n) is 3.80. The molecule has 0 saturated heterocycles. The Morgan fingerprint density at radius 1 is 1.19 bits per heavy atom. The summed E-state index contributed by atoms with van der Waals surface area (Å²) in [5.41, 5.74) is 4.42. The van der Waals surface area contributed by atoms with E-state index in [0.29, 0.717) is 18.0 Å². The van der Waals surface area contributed by atoms with E-state index in [2.05, 4.69) is 16.4 Å². The van der Waals surface area contributed by atoms with Gasteiger partial charge in [-0.05, 0) is 48.7 Å². The Balaban J connectivity index is 1.64. The van der Waals surface area contributed by atoms with Gasteiger partial charge in [0.1, 0.15) is 0 Å². The van der Waals surface area contributed by atoms with Crippen LogP contribution in [0, 0.1) is 0 Å². The van der Waals surface area contributed by atoms with Crippen LogP contribution in [0.25, 0.3) is 10.9 Å². The van der Waals surface area contributed by atoms with Gasteiger partial charge >= 0.3 is 5.97 Å². The van der Waals surface area contributed by atoms with Crippen molar-refractivity contribution in [2.24, 2.45) is 0 Å². The second kappa shape index (κ2) is 7.04. The van der Waals surface area contributed by atoms with E-state index in [1.54, 1.807) is 18.2 Å². The normalized spacial score (nSPS) is 14.8. The molecule has 1 aliphatic carbocycles. The van der Waals surface area contributed by atoms with Crippen LogP contribution in [0.5, 0.6) is 0 Å². The molecule has 0 bridgehead atoms. The molecular formula is C21H21ClN2O2. The SMILES string of the molecule is O=C(O)c1cccc(Cc2cc3cc(Cl)cc(NC4CCCC4)c3[nH]2)c1. The summed E-state index contributed by atoms with van der Waals surface area (Å²) in [5, 5.41) is 14.6. The third kappa shape index (κ3) is 3.56. The highest BCUT2D eigenvalue weighted by atomic mass is 35.5. The van der Waals surface area contributed by atoms with E-state index in [9.17, 15) is 4.79 Å². The highest BCUT2D eigenvalue weighted by Crippen LogP contribution is 2.31. The Hall–Kier alpha value is -2.46. The van der Waals surface area contributed by atoms with Crippen molar-refractivity contribution in [2.75, 3.05) is 5.32 Å². The second-order valence-electron chi connectivity index (χ2n) is 7.02. The largest absolute Gasteiger partial charge is 0.478 e. The summed E-state index contributed by atoms with van der Waals surface area (Å²) in [6, 6.07) is 13.6. The van der Waals surface area contributed by atoms with Crippen molar-refractivity contribution >= 4 is 34.2 Å². The van der Waals surface area contributed by atoms with Gasteiger partial charge in [-0.1, -0.05) is 36.6 Å². The number of hydrogen-bond acceptors (Lipinski definition) is 2. The Morgan fingerprint density at radius 3 is 2.77 bits per heavy atom. The van der Waals surface area contributed by atoms with Gasteiger partial charge in [0.05, 0.1) is 16.8 Å². The average molecular weight is 369 g/mol. The van der Waals surface area contributed by atoms with Gasteiger partial charge in [-0.2, -0.15) is 0 Å². The molecule has 0 atom stereocenters. The number of anilines is 1. The van der Waals surface area contributed by atoms with Crippen molar-refractivity contribution in [1.29, 1.82) is 0 Å². The van der Waals surface area contributed by atoms with Crippen LogP contribution in [0.4, 0.5) is 5.69 Å². The number of nitrogens with one attached hydrogen (secondary N) is 2. The molecule has 1 saturated carbocycles. The molecule has 1 heterocycles. The number of carboxylic acids is 1. The highest BCUT2D eigenvalue weighted by Gasteiger charge is 2.17. The minimum absolute atomic E-state index is 0.310. The maximum atomic E-state index is 11.2. The van der Waals surface area contributed by atoms with Crippen molar-refractivity contribution in [2.45, 2.75) is 38.1 Å². The fourth-order valence-corrected chi connectivity index (χ4v) is 4.03. The number of benzene rings is 2. The number of halogens is 1. The molecule has 2 aromatic carbocycles. The molecule has 0 spiro atoms. The first-order chi connectivity index (χ1) is 12.6. The first kappa shape index (κ1) is 17.0. The van der Waals surface area contributed by atoms with Crippen LogP contribution >= 0.6 is 11.6 Å². The first-order valence-electron chi connectivity index (χ1n) is 8.98.